The second-order valence-corrected chi connectivity index (χ2v) is 5.47. The van der Waals surface area contributed by atoms with Crippen LogP contribution >= 0.6 is 15.9 Å². The standard InChI is InChI=1S/C17H17BrO/c1-12(2)13-3-5-14(6-4-13)15-7-9-16(10-8-15)17(19)11-18/h3-10,12H,11H2,1-2H3. The van der Waals surface area contributed by atoms with Crippen LogP contribution in [0.4, 0.5) is 0 Å². The van der Waals surface area contributed by atoms with E-state index in [1.54, 1.807) is 0 Å². The highest BCUT2D eigenvalue weighted by atomic mass is 79.9. The highest BCUT2D eigenvalue weighted by Gasteiger charge is 2.05. The van der Waals surface area contributed by atoms with E-state index in [2.05, 4.69) is 54.0 Å². The van der Waals surface area contributed by atoms with Gasteiger partial charge in [0.25, 0.3) is 0 Å². The molecule has 0 aliphatic heterocycles. The molecule has 2 aromatic carbocycles. The maximum Gasteiger partial charge on any atom is 0.173 e. The van der Waals surface area contributed by atoms with Gasteiger partial charge < -0.3 is 0 Å². The lowest BCUT2D eigenvalue weighted by atomic mass is 9.98. The third-order valence-corrected chi connectivity index (χ3v) is 3.75. The molecule has 0 amide bonds. The van der Waals surface area contributed by atoms with E-state index in [1.165, 1.54) is 11.1 Å². The molecule has 0 radical (unpaired) electrons. The van der Waals surface area contributed by atoms with Crippen molar-refractivity contribution in [1.29, 1.82) is 0 Å². The minimum Gasteiger partial charge on any atom is -0.293 e. The molecule has 0 spiro atoms. The van der Waals surface area contributed by atoms with Crippen molar-refractivity contribution in [3.8, 4) is 11.1 Å². The number of benzene rings is 2. The Morgan fingerprint density at radius 1 is 0.947 bits per heavy atom. The van der Waals surface area contributed by atoms with Crippen LogP contribution in [0.3, 0.4) is 0 Å². The molecule has 2 rings (SSSR count). The monoisotopic (exact) mass is 316 g/mol. The third kappa shape index (κ3) is 3.32. The lowest BCUT2D eigenvalue weighted by molar-refractivity contribution is 0.102. The Labute approximate surface area is 122 Å². The molecule has 0 N–H and O–H groups in total. The average molecular weight is 317 g/mol. The number of halogens is 1. The minimum absolute atomic E-state index is 0.113. The van der Waals surface area contributed by atoms with Crippen LogP contribution in [0, 0.1) is 0 Å². The Morgan fingerprint density at radius 3 is 1.84 bits per heavy atom. The summed E-state index contributed by atoms with van der Waals surface area (Å²) in [5, 5.41) is 0.370. The van der Waals surface area contributed by atoms with Gasteiger partial charge in [0.05, 0.1) is 5.33 Å². The molecule has 0 heterocycles. The van der Waals surface area contributed by atoms with E-state index in [0.29, 0.717) is 11.2 Å². The SMILES string of the molecule is CC(C)c1ccc(-c2ccc(C(=O)CBr)cc2)cc1. The molecule has 0 bridgehead atoms. The highest BCUT2D eigenvalue weighted by Crippen LogP contribution is 2.23. The molecule has 0 unspecified atom stereocenters. The number of rotatable bonds is 4. The summed E-state index contributed by atoms with van der Waals surface area (Å²) in [7, 11) is 0. The number of alkyl halides is 1. The maximum atomic E-state index is 11.5. The van der Waals surface area contributed by atoms with Crippen molar-refractivity contribution in [2.45, 2.75) is 19.8 Å². The van der Waals surface area contributed by atoms with Crippen LogP contribution in [-0.4, -0.2) is 11.1 Å². The molecule has 1 nitrogen and oxygen atoms in total. The van der Waals surface area contributed by atoms with Crippen LogP contribution in [0.1, 0.15) is 35.7 Å². The highest BCUT2D eigenvalue weighted by molar-refractivity contribution is 9.09. The molecule has 0 fully saturated rings. The zero-order valence-electron chi connectivity index (χ0n) is 11.2. The topological polar surface area (TPSA) is 17.1 Å². The lowest BCUT2D eigenvalue weighted by Crippen LogP contribution is -1.98. The van der Waals surface area contributed by atoms with Gasteiger partial charge in [-0.2, -0.15) is 0 Å². The summed E-state index contributed by atoms with van der Waals surface area (Å²) in [6.07, 6.45) is 0. The molecule has 2 heteroatoms. The molecule has 0 aliphatic rings. The largest absolute Gasteiger partial charge is 0.293 e. The first-order valence-electron chi connectivity index (χ1n) is 6.41. The smallest absolute Gasteiger partial charge is 0.173 e. The molecule has 0 aromatic heterocycles. The molecule has 19 heavy (non-hydrogen) atoms. The predicted molar refractivity (Wildman–Crippen MR) is 84.1 cm³/mol. The summed E-state index contributed by atoms with van der Waals surface area (Å²) in [6, 6.07) is 16.4. The number of ketones is 1. The Kier molecular flexibility index (Phi) is 4.54. The van der Waals surface area contributed by atoms with Gasteiger partial charge in [0.2, 0.25) is 0 Å². The van der Waals surface area contributed by atoms with Crippen LogP contribution in [0.15, 0.2) is 48.5 Å². The Bertz CT molecular complexity index is 553. The van der Waals surface area contributed by atoms with Gasteiger partial charge in [0.1, 0.15) is 0 Å². The van der Waals surface area contributed by atoms with E-state index in [4.69, 9.17) is 0 Å². The summed E-state index contributed by atoms with van der Waals surface area (Å²) < 4.78 is 0. The van der Waals surface area contributed by atoms with Gasteiger partial charge in [-0.25, -0.2) is 0 Å². The van der Waals surface area contributed by atoms with Gasteiger partial charge in [-0.15, -0.1) is 0 Å². The van der Waals surface area contributed by atoms with E-state index in [9.17, 15) is 4.79 Å². The fraction of sp³-hybridized carbons (Fsp3) is 0.235. The van der Waals surface area contributed by atoms with Gasteiger partial charge in [0, 0.05) is 5.56 Å². The van der Waals surface area contributed by atoms with Crippen LogP contribution in [0.25, 0.3) is 11.1 Å². The third-order valence-electron chi connectivity index (χ3n) is 3.24. The first kappa shape index (κ1) is 14.0. The van der Waals surface area contributed by atoms with Crippen molar-refractivity contribution in [3.63, 3.8) is 0 Å². The molecule has 0 aliphatic carbocycles. The Hall–Kier alpha value is -1.41. The molecular formula is C17H17BrO. The lowest BCUT2D eigenvalue weighted by Gasteiger charge is -2.07. The van der Waals surface area contributed by atoms with Crippen LogP contribution in [-0.2, 0) is 0 Å². The van der Waals surface area contributed by atoms with Gasteiger partial charge in [-0.1, -0.05) is 78.3 Å². The fourth-order valence-corrected chi connectivity index (χ4v) is 2.31. The summed E-state index contributed by atoms with van der Waals surface area (Å²) in [4.78, 5) is 11.5. The predicted octanol–water partition coefficient (Wildman–Crippen LogP) is 5.05. The van der Waals surface area contributed by atoms with Crippen molar-refractivity contribution in [1.82, 2.24) is 0 Å². The first-order valence-corrected chi connectivity index (χ1v) is 7.53. The Morgan fingerprint density at radius 2 is 1.42 bits per heavy atom. The van der Waals surface area contributed by atoms with E-state index >= 15 is 0 Å². The van der Waals surface area contributed by atoms with Crippen molar-refractivity contribution < 1.29 is 4.79 Å². The number of carbonyl (C=O) groups excluding carboxylic acids is 1. The molecule has 0 atom stereocenters. The fourth-order valence-electron chi connectivity index (χ4n) is 1.99. The van der Waals surface area contributed by atoms with E-state index in [-0.39, 0.29) is 5.78 Å². The molecule has 98 valence electrons. The second-order valence-electron chi connectivity index (χ2n) is 4.91. The van der Waals surface area contributed by atoms with Gasteiger partial charge in [-0.3, -0.25) is 4.79 Å². The first-order chi connectivity index (χ1) is 9.11. The maximum absolute atomic E-state index is 11.5. The van der Waals surface area contributed by atoms with Gasteiger partial charge in [0.15, 0.2) is 5.78 Å². The van der Waals surface area contributed by atoms with Crippen LogP contribution in [0.2, 0.25) is 0 Å². The summed E-state index contributed by atoms with van der Waals surface area (Å²) in [5.41, 5.74) is 4.41. The van der Waals surface area contributed by atoms with Crippen LogP contribution < -0.4 is 0 Å². The normalized spacial score (nSPS) is 10.7. The number of Topliss-reactive ketones (excluding diaryl/α,β-unsaturated/α-hetero) is 1. The number of carbonyl (C=O) groups is 1. The van der Waals surface area contributed by atoms with Gasteiger partial charge in [-0.05, 0) is 22.6 Å². The molecule has 0 saturated heterocycles. The van der Waals surface area contributed by atoms with Crippen molar-refractivity contribution in [2.24, 2.45) is 0 Å². The van der Waals surface area contributed by atoms with Crippen molar-refractivity contribution in [3.05, 3.63) is 59.7 Å². The van der Waals surface area contributed by atoms with E-state index in [0.717, 1.165) is 11.1 Å². The van der Waals surface area contributed by atoms with Crippen LogP contribution in [0.5, 0.6) is 0 Å². The average Bonchev–Trinajstić information content (AvgIpc) is 2.46. The second kappa shape index (κ2) is 6.16. The zero-order valence-corrected chi connectivity index (χ0v) is 12.8. The zero-order chi connectivity index (χ0) is 13.8. The minimum atomic E-state index is 0.113. The molecule has 0 saturated carbocycles. The number of hydrogen-bond acceptors (Lipinski definition) is 1. The molecular weight excluding hydrogens is 300 g/mol. The van der Waals surface area contributed by atoms with E-state index < -0.39 is 0 Å². The number of hydrogen-bond donors (Lipinski definition) is 0. The summed E-state index contributed by atoms with van der Waals surface area (Å²) >= 11 is 3.19. The quantitative estimate of drug-likeness (QED) is 0.569. The van der Waals surface area contributed by atoms with E-state index in [1.807, 2.05) is 24.3 Å². The van der Waals surface area contributed by atoms with Crippen molar-refractivity contribution >= 4 is 21.7 Å². The molecule has 2 aromatic rings. The van der Waals surface area contributed by atoms with Crippen molar-refractivity contribution in [2.75, 3.05) is 5.33 Å². The summed E-state index contributed by atoms with van der Waals surface area (Å²) in [5.74, 6) is 0.662. The Balaban J connectivity index is 2.24. The summed E-state index contributed by atoms with van der Waals surface area (Å²) in [6.45, 7) is 4.38. The van der Waals surface area contributed by atoms with Gasteiger partial charge >= 0.3 is 0 Å².